The lowest BCUT2D eigenvalue weighted by Crippen LogP contribution is -2.40. The van der Waals surface area contributed by atoms with Gasteiger partial charge in [-0.05, 0) is 45.0 Å². The molecule has 1 rings (SSSR count). The van der Waals surface area contributed by atoms with E-state index in [1.807, 2.05) is 41.5 Å². The lowest BCUT2D eigenvalue weighted by Gasteiger charge is -2.20. The maximum Gasteiger partial charge on any atom is 0.251 e. The van der Waals surface area contributed by atoms with Gasteiger partial charge in [0.2, 0.25) is 0 Å². The van der Waals surface area contributed by atoms with Gasteiger partial charge in [-0.25, -0.2) is 4.74 Å². The number of hydroxylamine groups is 1. The first kappa shape index (κ1) is 16.2. The molecule has 0 fully saturated rings. The Hall–Kier alpha value is -1.84. The summed E-state index contributed by atoms with van der Waals surface area (Å²) in [5.41, 5.74) is 0.634. The highest BCUT2D eigenvalue weighted by Gasteiger charge is 2.18. The smallest absolute Gasteiger partial charge is 0.251 e. The average Bonchev–Trinajstić information content (AvgIpc) is 2.26. The molecule has 0 saturated carbocycles. The van der Waals surface area contributed by atoms with Crippen LogP contribution in [0.4, 0.5) is 0 Å². The minimum atomic E-state index is -0.470. The second kappa shape index (κ2) is 5.65. The summed E-state index contributed by atoms with van der Waals surface area (Å²) in [6, 6.07) is 7.00. The molecule has 0 aromatic heterocycles. The van der Waals surface area contributed by atoms with Crippen molar-refractivity contribution in [3.05, 3.63) is 40.6 Å². The van der Waals surface area contributed by atoms with E-state index in [4.69, 9.17) is 0 Å². The molecule has 0 spiro atoms. The molecule has 110 valence electrons. The highest BCUT2D eigenvalue weighted by Crippen LogP contribution is 2.09. The van der Waals surface area contributed by atoms with E-state index in [1.54, 1.807) is 24.3 Å². The summed E-state index contributed by atoms with van der Waals surface area (Å²) in [6.45, 7) is 11.4. The monoisotopic (exact) mass is 276 g/mol. The van der Waals surface area contributed by atoms with Crippen LogP contribution in [0, 0.1) is 5.21 Å². The van der Waals surface area contributed by atoms with Crippen molar-refractivity contribution < 1.29 is 9.53 Å². The van der Waals surface area contributed by atoms with E-state index in [0.29, 0.717) is 5.56 Å². The number of nitrogens with one attached hydrogen (secondary N) is 1. The molecule has 0 atom stereocenters. The predicted octanol–water partition coefficient (Wildman–Crippen LogP) is 2.94. The van der Waals surface area contributed by atoms with Gasteiger partial charge in [0.15, 0.2) is 11.8 Å². The van der Waals surface area contributed by atoms with Gasteiger partial charge in [-0.15, -0.1) is 0 Å². The normalized spacial score (nSPS) is 13.2. The fourth-order valence-corrected chi connectivity index (χ4v) is 1.46. The highest BCUT2D eigenvalue weighted by molar-refractivity contribution is 5.95. The van der Waals surface area contributed by atoms with Crippen molar-refractivity contribution in [3.63, 3.8) is 0 Å². The summed E-state index contributed by atoms with van der Waals surface area (Å²) >= 11 is 0. The summed E-state index contributed by atoms with van der Waals surface area (Å²) in [7, 11) is 0. The minimum Gasteiger partial charge on any atom is -0.623 e. The summed E-state index contributed by atoms with van der Waals surface area (Å²) in [5.74, 6) is -0.112. The standard InChI is InChI=1S/C16H24N2O2/c1-15(2,3)17-14(19)13-9-7-12(8-10-13)11-18(20)16(4,5)6/h7-11H,1-6H3,(H,17,19)/b18-11-. The van der Waals surface area contributed by atoms with Gasteiger partial charge in [0, 0.05) is 37.4 Å². The van der Waals surface area contributed by atoms with Crippen molar-refractivity contribution in [1.82, 2.24) is 5.32 Å². The minimum absolute atomic E-state index is 0.112. The van der Waals surface area contributed by atoms with Crippen LogP contribution in [0.3, 0.4) is 0 Å². The Balaban J connectivity index is 2.87. The number of carbonyl (C=O) groups excluding carboxylic acids is 1. The van der Waals surface area contributed by atoms with Crippen LogP contribution in [-0.2, 0) is 0 Å². The molecule has 4 nitrogen and oxygen atoms in total. The van der Waals surface area contributed by atoms with Gasteiger partial charge in [0.25, 0.3) is 5.91 Å². The van der Waals surface area contributed by atoms with Crippen molar-refractivity contribution >= 4 is 12.1 Å². The fraction of sp³-hybridized carbons (Fsp3) is 0.500. The van der Waals surface area contributed by atoms with Crippen molar-refractivity contribution in [2.75, 3.05) is 0 Å². The van der Waals surface area contributed by atoms with Gasteiger partial charge in [0.05, 0.1) is 0 Å². The zero-order chi connectivity index (χ0) is 15.6. The van der Waals surface area contributed by atoms with E-state index < -0.39 is 5.54 Å². The van der Waals surface area contributed by atoms with Crippen LogP contribution in [0.2, 0.25) is 0 Å². The molecule has 0 heterocycles. The lowest BCUT2D eigenvalue weighted by atomic mass is 10.1. The van der Waals surface area contributed by atoms with Crippen LogP contribution in [-0.4, -0.2) is 27.9 Å². The Kier molecular flexibility index (Phi) is 4.58. The number of carbonyl (C=O) groups is 1. The van der Waals surface area contributed by atoms with E-state index in [2.05, 4.69) is 5.32 Å². The van der Waals surface area contributed by atoms with Gasteiger partial charge < -0.3 is 10.5 Å². The van der Waals surface area contributed by atoms with E-state index >= 15 is 0 Å². The van der Waals surface area contributed by atoms with Crippen LogP contribution in [0.15, 0.2) is 24.3 Å². The molecular formula is C16H24N2O2. The molecule has 1 N–H and O–H groups in total. The second-order valence-corrected chi connectivity index (χ2v) is 6.95. The Labute approximate surface area is 121 Å². The molecule has 0 radical (unpaired) electrons. The third-order valence-electron chi connectivity index (χ3n) is 2.59. The first-order chi connectivity index (χ1) is 8.99. The Morgan fingerprint density at radius 2 is 1.60 bits per heavy atom. The molecule has 0 aliphatic heterocycles. The summed E-state index contributed by atoms with van der Waals surface area (Å²) in [4.78, 5) is 12.0. The van der Waals surface area contributed by atoms with Gasteiger partial charge in [-0.2, -0.15) is 0 Å². The first-order valence-electron chi connectivity index (χ1n) is 6.73. The zero-order valence-corrected chi connectivity index (χ0v) is 13.2. The predicted molar refractivity (Wildman–Crippen MR) is 82.2 cm³/mol. The van der Waals surface area contributed by atoms with Crippen LogP contribution in [0.1, 0.15) is 57.5 Å². The number of hydrogen-bond donors (Lipinski definition) is 1. The molecule has 1 aromatic rings. The number of hydrogen-bond acceptors (Lipinski definition) is 2. The highest BCUT2D eigenvalue weighted by atomic mass is 16.5. The molecule has 4 heteroatoms. The Bertz CT molecular complexity index is 503. The first-order valence-corrected chi connectivity index (χ1v) is 6.73. The molecule has 0 aliphatic carbocycles. The lowest BCUT2D eigenvalue weighted by molar-refractivity contribution is -0.530. The number of benzene rings is 1. The molecular weight excluding hydrogens is 252 g/mol. The maximum absolute atomic E-state index is 12.0. The van der Waals surface area contributed by atoms with Crippen LogP contribution >= 0.6 is 0 Å². The number of nitrogens with zero attached hydrogens (tertiary/aromatic N) is 1. The zero-order valence-electron chi connectivity index (χ0n) is 13.2. The molecule has 0 aliphatic rings. The topological polar surface area (TPSA) is 55.2 Å². The van der Waals surface area contributed by atoms with Crippen molar-refractivity contribution in [2.45, 2.75) is 52.6 Å². The molecule has 0 saturated heterocycles. The average molecular weight is 276 g/mol. The summed E-state index contributed by atoms with van der Waals surface area (Å²) in [5, 5.41) is 14.7. The largest absolute Gasteiger partial charge is 0.623 e. The van der Waals surface area contributed by atoms with Gasteiger partial charge in [-0.3, -0.25) is 4.79 Å². The molecule has 20 heavy (non-hydrogen) atoms. The Morgan fingerprint density at radius 1 is 1.10 bits per heavy atom. The molecule has 0 bridgehead atoms. The number of rotatable bonds is 2. The van der Waals surface area contributed by atoms with E-state index in [9.17, 15) is 10.0 Å². The molecule has 1 amide bonds. The van der Waals surface area contributed by atoms with Crippen molar-refractivity contribution in [3.8, 4) is 0 Å². The van der Waals surface area contributed by atoms with Gasteiger partial charge in [-0.1, -0.05) is 0 Å². The second-order valence-electron chi connectivity index (χ2n) is 6.95. The van der Waals surface area contributed by atoms with E-state index in [0.717, 1.165) is 10.3 Å². The number of amides is 1. The third kappa shape index (κ3) is 5.03. The Morgan fingerprint density at radius 3 is 2.00 bits per heavy atom. The van der Waals surface area contributed by atoms with E-state index in [-0.39, 0.29) is 11.4 Å². The molecule has 0 unspecified atom stereocenters. The summed E-state index contributed by atoms with van der Waals surface area (Å²) in [6.07, 6.45) is 1.53. The van der Waals surface area contributed by atoms with Crippen molar-refractivity contribution in [1.29, 1.82) is 0 Å². The van der Waals surface area contributed by atoms with Gasteiger partial charge in [0.1, 0.15) is 0 Å². The van der Waals surface area contributed by atoms with Crippen LogP contribution < -0.4 is 5.32 Å². The van der Waals surface area contributed by atoms with Crippen LogP contribution in [0.25, 0.3) is 0 Å². The van der Waals surface area contributed by atoms with Crippen LogP contribution in [0.5, 0.6) is 0 Å². The SMILES string of the molecule is CC(C)(C)NC(=O)c1ccc(/C=[N+](\[O-])C(C)(C)C)cc1. The van der Waals surface area contributed by atoms with Crippen molar-refractivity contribution in [2.24, 2.45) is 0 Å². The summed E-state index contributed by atoms with van der Waals surface area (Å²) < 4.78 is 0.914. The van der Waals surface area contributed by atoms with E-state index in [1.165, 1.54) is 6.21 Å². The van der Waals surface area contributed by atoms with Gasteiger partial charge >= 0.3 is 0 Å². The quantitative estimate of drug-likeness (QED) is 0.391. The third-order valence-corrected chi connectivity index (χ3v) is 2.59. The maximum atomic E-state index is 12.0. The fourth-order valence-electron chi connectivity index (χ4n) is 1.46. The molecule has 1 aromatic carbocycles.